The molecule has 1 saturated heterocycles. The Kier molecular flexibility index (Phi) is 6.23. The Balaban J connectivity index is 1.85. The second kappa shape index (κ2) is 9.01. The lowest BCUT2D eigenvalue weighted by molar-refractivity contribution is -0.198. The van der Waals surface area contributed by atoms with Gasteiger partial charge in [0.25, 0.3) is 11.8 Å². The van der Waals surface area contributed by atoms with Gasteiger partial charge in [0, 0.05) is 24.9 Å². The summed E-state index contributed by atoms with van der Waals surface area (Å²) < 4.78 is 4.78. The highest BCUT2D eigenvalue weighted by Gasteiger charge is 2.35. The molecular formula is C21H20N2O6. The van der Waals surface area contributed by atoms with Crippen molar-refractivity contribution in [2.24, 2.45) is 0 Å². The van der Waals surface area contributed by atoms with Crippen molar-refractivity contribution >= 4 is 29.4 Å². The number of amides is 2. The molecule has 0 spiro atoms. The van der Waals surface area contributed by atoms with E-state index in [9.17, 15) is 19.2 Å². The molecule has 0 unspecified atom stereocenters. The second-order valence-corrected chi connectivity index (χ2v) is 6.42. The van der Waals surface area contributed by atoms with Gasteiger partial charge >= 0.3 is 11.9 Å². The Morgan fingerprint density at radius 1 is 1.00 bits per heavy atom. The van der Waals surface area contributed by atoms with Gasteiger partial charge in [-0.05, 0) is 17.7 Å². The van der Waals surface area contributed by atoms with Crippen LogP contribution in [0.3, 0.4) is 0 Å². The van der Waals surface area contributed by atoms with Crippen LogP contribution < -0.4 is 5.32 Å². The zero-order valence-electron chi connectivity index (χ0n) is 15.8. The smallest absolute Gasteiger partial charge is 0.355 e. The van der Waals surface area contributed by atoms with Crippen molar-refractivity contribution in [3.63, 3.8) is 0 Å². The van der Waals surface area contributed by atoms with Gasteiger partial charge in [0.1, 0.15) is 6.04 Å². The molecule has 0 aromatic heterocycles. The summed E-state index contributed by atoms with van der Waals surface area (Å²) in [4.78, 5) is 53.5. The van der Waals surface area contributed by atoms with Crippen LogP contribution in [-0.2, 0) is 30.4 Å². The summed E-state index contributed by atoms with van der Waals surface area (Å²) >= 11 is 0. The van der Waals surface area contributed by atoms with Gasteiger partial charge < -0.3 is 14.9 Å². The summed E-state index contributed by atoms with van der Waals surface area (Å²) in [6.07, 6.45) is 0.230. The molecule has 1 atom stereocenters. The molecule has 2 aromatic rings. The number of nitrogens with one attached hydrogen (secondary N) is 1. The lowest BCUT2D eigenvalue weighted by Crippen LogP contribution is -2.40. The maximum Gasteiger partial charge on any atom is 0.355 e. The highest BCUT2D eigenvalue weighted by atomic mass is 16.7. The molecule has 0 aliphatic carbocycles. The summed E-state index contributed by atoms with van der Waals surface area (Å²) in [7, 11) is 1.26. The number of ether oxygens (including phenoxy) is 1. The molecule has 8 nitrogen and oxygen atoms in total. The molecule has 0 radical (unpaired) electrons. The fourth-order valence-electron chi connectivity index (χ4n) is 2.94. The van der Waals surface area contributed by atoms with Crippen LogP contribution in [-0.4, -0.2) is 42.0 Å². The number of hydroxylamine groups is 2. The molecule has 8 heteroatoms. The zero-order chi connectivity index (χ0) is 20.8. The lowest BCUT2D eigenvalue weighted by atomic mass is 10.0. The normalized spacial score (nSPS) is 14.4. The van der Waals surface area contributed by atoms with E-state index in [0.717, 1.165) is 5.56 Å². The standard InChI is InChI=1S/C21H20N2O6/c1-28-20(26)15-9-5-6-10-16(15)22-17(13-14-7-3-2-4-8-14)21(27)29-23-18(24)11-12-19(23)25/h2-10,17,22H,11-13H2,1H3/t17-/m0/s1. The SMILES string of the molecule is COC(=O)c1ccccc1N[C@@H](Cc1ccccc1)C(=O)ON1C(=O)CCC1=O. The molecule has 29 heavy (non-hydrogen) atoms. The number of esters is 1. The molecule has 1 heterocycles. The minimum Gasteiger partial charge on any atom is -0.465 e. The van der Waals surface area contributed by atoms with Crippen molar-refractivity contribution in [2.75, 3.05) is 12.4 Å². The van der Waals surface area contributed by atoms with Gasteiger partial charge in [0.2, 0.25) is 0 Å². The number of carbonyl (C=O) groups is 4. The maximum atomic E-state index is 12.8. The van der Waals surface area contributed by atoms with Crippen LogP contribution >= 0.6 is 0 Å². The molecule has 1 N–H and O–H groups in total. The molecular weight excluding hydrogens is 376 g/mol. The van der Waals surface area contributed by atoms with E-state index in [1.54, 1.807) is 24.3 Å². The summed E-state index contributed by atoms with van der Waals surface area (Å²) in [5.41, 5.74) is 1.45. The summed E-state index contributed by atoms with van der Waals surface area (Å²) in [5.74, 6) is -2.49. The maximum absolute atomic E-state index is 12.8. The van der Waals surface area contributed by atoms with Crippen molar-refractivity contribution in [3.05, 3.63) is 65.7 Å². The number of carbonyl (C=O) groups excluding carboxylic acids is 4. The monoisotopic (exact) mass is 396 g/mol. The molecule has 1 fully saturated rings. The van der Waals surface area contributed by atoms with Gasteiger partial charge in [-0.1, -0.05) is 42.5 Å². The van der Waals surface area contributed by atoms with Crippen molar-refractivity contribution in [3.8, 4) is 0 Å². The third kappa shape index (κ3) is 4.78. The molecule has 150 valence electrons. The van der Waals surface area contributed by atoms with Crippen LogP contribution in [0.1, 0.15) is 28.8 Å². The number of imide groups is 1. The van der Waals surface area contributed by atoms with Crippen LogP contribution in [0.25, 0.3) is 0 Å². The predicted molar refractivity (Wildman–Crippen MR) is 103 cm³/mol. The molecule has 3 rings (SSSR count). The third-order valence-electron chi connectivity index (χ3n) is 4.42. The van der Waals surface area contributed by atoms with E-state index in [4.69, 9.17) is 9.57 Å². The van der Waals surface area contributed by atoms with Crippen LogP contribution in [0, 0.1) is 0 Å². The number of methoxy groups -OCH3 is 1. The first-order chi connectivity index (χ1) is 14.0. The quantitative estimate of drug-likeness (QED) is 0.565. The predicted octanol–water partition coefficient (Wildman–Crippen LogP) is 2.10. The second-order valence-electron chi connectivity index (χ2n) is 6.42. The first-order valence-corrected chi connectivity index (χ1v) is 9.05. The summed E-state index contributed by atoms with van der Waals surface area (Å²) in [6.45, 7) is 0. The van der Waals surface area contributed by atoms with Crippen molar-refractivity contribution in [2.45, 2.75) is 25.3 Å². The summed E-state index contributed by atoms with van der Waals surface area (Å²) in [6, 6.07) is 14.8. The number of rotatable bonds is 7. The van der Waals surface area contributed by atoms with Crippen LogP contribution in [0.5, 0.6) is 0 Å². The number of para-hydroxylation sites is 1. The van der Waals surface area contributed by atoms with E-state index in [-0.39, 0.29) is 24.8 Å². The van der Waals surface area contributed by atoms with Crippen molar-refractivity contribution in [1.29, 1.82) is 0 Å². The van der Waals surface area contributed by atoms with Gasteiger partial charge in [-0.3, -0.25) is 9.59 Å². The molecule has 0 bridgehead atoms. The first-order valence-electron chi connectivity index (χ1n) is 9.05. The highest BCUT2D eigenvalue weighted by molar-refractivity contribution is 6.02. The van der Waals surface area contributed by atoms with E-state index in [0.29, 0.717) is 10.8 Å². The van der Waals surface area contributed by atoms with E-state index >= 15 is 0 Å². The number of hydrogen-bond acceptors (Lipinski definition) is 7. The Labute approximate surface area is 167 Å². The number of nitrogens with zero attached hydrogens (tertiary/aromatic N) is 1. The fourth-order valence-corrected chi connectivity index (χ4v) is 2.94. The minimum absolute atomic E-state index is 0.00800. The first kappa shape index (κ1) is 20.1. The van der Waals surface area contributed by atoms with Gasteiger partial charge in [0.05, 0.1) is 12.7 Å². The average Bonchev–Trinajstić information content (AvgIpc) is 3.05. The molecule has 2 aromatic carbocycles. The average molecular weight is 396 g/mol. The third-order valence-corrected chi connectivity index (χ3v) is 4.42. The van der Waals surface area contributed by atoms with Crippen LogP contribution in [0.2, 0.25) is 0 Å². The van der Waals surface area contributed by atoms with Gasteiger partial charge in [-0.15, -0.1) is 5.06 Å². The molecule has 2 amide bonds. The minimum atomic E-state index is -0.954. The highest BCUT2D eigenvalue weighted by Crippen LogP contribution is 2.20. The van der Waals surface area contributed by atoms with Crippen LogP contribution in [0.4, 0.5) is 5.69 Å². The zero-order valence-corrected chi connectivity index (χ0v) is 15.8. The summed E-state index contributed by atoms with van der Waals surface area (Å²) in [5, 5.41) is 3.50. The van der Waals surface area contributed by atoms with Gasteiger partial charge in [-0.2, -0.15) is 0 Å². The van der Waals surface area contributed by atoms with Crippen molar-refractivity contribution < 1.29 is 28.8 Å². The largest absolute Gasteiger partial charge is 0.465 e. The van der Waals surface area contributed by atoms with Crippen molar-refractivity contribution in [1.82, 2.24) is 5.06 Å². The van der Waals surface area contributed by atoms with E-state index in [1.165, 1.54) is 7.11 Å². The van der Waals surface area contributed by atoms with E-state index in [1.807, 2.05) is 30.3 Å². The molecule has 1 aliphatic rings. The van der Waals surface area contributed by atoms with E-state index in [2.05, 4.69) is 5.32 Å². The number of anilines is 1. The number of hydrogen-bond donors (Lipinski definition) is 1. The number of benzene rings is 2. The van der Waals surface area contributed by atoms with E-state index < -0.39 is 29.8 Å². The molecule has 1 aliphatic heterocycles. The van der Waals surface area contributed by atoms with Gasteiger partial charge in [0.15, 0.2) is 0 Å². The lowest BCUT2D eigenvalue weighted by Gasteiger charge is -2.22. The molecule has 0 saturated carbocycles. The topological polar surface area (TPSA) is 102 Å². The van der Waals surface area contributed by atoms with Gasteiger partial charge in [-0.25, -0.2) is 9.59 Å². The Morgan fingerprint density at radius 2 is 1.62 bits per heavy atom. The fraction of sp³-hybridized carbons (Fsp3) is 0.238. The van der Waals surface area contributed by atoms with Crippen LogP contribution in [0.15, 0.2) is 54.6 Å². The Bertz CT molecular complexity index is 912. The Hall–Kier alpha value is -3.68. The Morgan fingerprint density at radius 3 is 2.28 bits per heavy atom.